The van der Waals surface area contributed by atoms with Crippen molar-refractivity contribution in [2.75, 3.05) is 19.0 Å². The molecule has 0 aliphatic heterocycles. The Labute approximate surface area is 98.9 Å². The number of halogens is 1. The highest BCUT2D eigenvalue weighted by Gasteiger charge is 2.11. The number of amides is 1. The molecule has 6 heteroatoms. The Hall–Kier alpha value is -1.17. The van der Waals surface area contributed by atoms with Gasteiger partial charge in [-0.15, -0.1) is 0 Å². The molecule has 3 N–H and O–H groups in total. The summed E-state index contributed by atoms with van der Waals surface area (Å²) in [6.45, 7) is 0.307. The highest BCUT2D eigenvalue weighted by molar-refractivity contribution is 6.29. The number of hydrogen-bond acceptors (Lipinski definition) is 4. The largest absolute Gasteiger partial charge is 0.380 e. The van der Waals surface area contributed by atoms with E-state index in [9.17, 15) is 4.79 Å². The van der Waals surface area contributed by atoms with Crippen molar-refractivity contribution < 1.29 is 9.53 Å². The molecule has 0 aliphatic rings. The molecule has 1 aromatic heterocycles. The highest BCUT2D eigenvalue weighted by Crippen LogP contribution is 2.12. The molecule has 88 valence electrons. The first kappa shape index (κ1) is 12.9. The van der Waals surface area contributed by atoms with Gasteiger partial charge in [-0.1, -0.05) is 11.6 Å². The molecule has 1 amide bonds. The lowest BCUT2D eigenvalue weighted by molar-refractivity contribution is -0.118. The minimum absolute atomic E-state index is 0.167. The van der Waals surface area contributed by atoms with Crippen LogP contribution in [0.3, 0.4) is 0 Å². The lowest BCUT2D eigenvalue weighted by Gasteiger charge is -2.12. The van der Waals surface area contributed by atoms with E-state index in [0.29, 0.717) is 17.4 Å². The Morgan fingerprint density at radius 3 is 3.06 bits per heavy atom. The first-order valence-corrected chi connectivity index (χ1v) is 5.17. The fourth-order valence-electron chi connectivity index (χ4n) is 1.16. The van der Waals surface area contributed by atoms with Crippen molar-refractivity contribution in [3.63, 3.8) is 0 Å². The number of carbonyl (C=O) groups excluding carboxylic acids is 1. The molecule has 1 aromatic rings. The number of aromatic nitrogens is 1. The van der Waals surface area contributed by atoms with Gasteiger partial charge in [0.05, 0.1) is 12.5 Å². The average Bonchev–Trinajstić information content (AvgIpc) is 2.26. The van der Waals surface area contributed by atoms with Gasteiger partial charge in [0, 0.05) is 25.5 Å². The normalized spacial score (nSPS) is 12.2. The van der Waals surface area contributed by atoms with Crippen molar-refractivity contribution in [2.45, 2.75) is 12.5 Å². The smallest absolute Gasteiger partial charge is 0.227 e. The second kappa shape index (κ2) is 6.42. The molecule has 0 saturated carbocycles. The van der Waals surface area contributed by atoms with Crippen molar-refractivity contribution >= 4 is 23.2 Å². The van der Waals surface area contributed by atoms with Crippen LogP contribution in [-0.2, 0) is 9.53 Å². The summed E-state index contributed by atoms with van der Waals surface area (Å²) in [6, 6.07) is 3.23. The maximum atomic E-state index is 11.5. The maximum Gasteiger partial charge on any atom is 0.227 e. The van der Waals surface area contributed by atoms with E-state index in [1.165, 1.54) is 13.3 Å². The highest BCUT2D eigenvalue weighted by atomic mass is 35.5. The molecule has 1 rings (SSSR count). The van der Waals surface area contributed by atoms with Crippen molar-refractivity contribution in [1.29, 1.82) is 0 Å². The number of carbonyl (C=O) groups is 1. The first-order chi connectivity index (χ1) is 7.65. The fourth-order valence-corrected chi connectivity index (χ4v) is 1.34. The zero-order chi connectivity index (χ0) is 12.0. The summed E-state index contributed by atoms with van der Waals surface area (Å²) in [5.74, 6) is -0.167. The predicted molar refractivity (Wildman–Crippen MR) is 62.3 cm³/mol. The summed E-state index contributed by atoms with van der Waals surface area (Å²) < 4.78 is 5.01. The molecular formula is C10H14ClN3O2. The number of nitrogens with two attached hydrogens (primary N) is 1. The van der Waals surface area contributed by atoms with Gasteiger partial charge < -0.3 is 15.8 Å². The number of nitrogens with zero attached hydrogens (tertiary/aromatic N) is 1. The van der Waals surface area contributed by atoms with Crippen LogP contribution in [0.1, 0.15) is 6.42 Å². The number of ether oxygens (including phenoxy) is 1. The summed E-state index contributed by atoms with van der Waals surface area (Å²) in [7, 11) is 1.52. The lowest BCUT2D eigenvalue weighted by Crippen LogP contribution is -2.28. The van der Waals surface area contributed by atoms with Crippen molar-refractivity contribution in [2.24, 2.45) is 5.73 Å². The van der Waals surface area contributed by atoms with Gasteiger partial charge in [-0.2, -0.15) is 0 Å². The van der Waals surface area contributed by atoms with Crippen LogP contribution in [0.5, 0.6) is 0 Å². The summed E-state index contributed by atoms with van der Waals surface area (Å²) in [4.78, 5) is 15.4. The minimum atomic E-state index is -0.266. The zero-order valence-corrected chi connectivity index (χ0v) is 9.70. The van der Waals surface area contributed by atoms with Gasteiger partial charge in [0.25, 0.3) is 0 Å². The Balaban J connectivity index is 2.51. The van der Waals surface area contributed by atoms with Gasteiger partial charge >= 0.3 is 0 Å². The molecule has 0 radical (unpaired) electrons. The van der Waals surface area contributed by atoms with Crippen LogP contribution in [0.4, 0.5) is 5.69 Å². The van der Waals surface area contributed by atoms with E-state index in [1.54, 1.807) is 12.1 Å². The second-order valence-corrected chi connectivity index (χ2v) is 3.60. The molecule has 0 spiro atoms. The van der Waals surface area contributed by atoms with Gasteiger partial charge in [-0.3, -0.25) is 4.79 Å². The molecule has 0 aromatic carbocycles. The number of pyridine rings is 1. The van der Waals surface area contributed by atoms with E-state index in [4.69, 9.17) is 22.1 Å². The molecule has 1 heterocycles. The van der Waals surface area contributed by atoms with Crippen molar-refractivity contribution in [3.8, 4) is 0 Å². The Morgan fingerprint density at radius 1 is 1.75 bits per heavy atom. The van der Waals surface area contributed by atoms with Crippen molar-refractivity contribution in [3.05, 3.63) is 23.5 Å². The molecule has 1 atom stereocenters. The van der Waals surface area contributed by atoms with E-state index >= 15 is 0 Å². The van der Waals surface area contributed by atoms with Gasteiger partial charge in [0.2, 0.25) is 5.91 Å². The van der Waals surface area contributed by atoms with Gasteiger partial charge in [0.1, 0.15) is 5.15 Å². The number of nitrogens with one attached hydrogen (secondary N) is 1. The van der Waals surface area contributed by atoms with Gasteiger partial charge in [0.15, 0.2) is 0 Å². The summed E-state index contributed by atoms with van der Waals surface area (Å²) in [5.41, 5.74) is 6.02. The maximum absolute atomic E-state index is 11.5. The Morgan fingerprint density at radius 2 is 2.50 bits per heavy atom. The second-order valence-electron chi connectivity index (χ2n) is 3.21. The molecule has 0 fully saturated rings. The van der Waals surface area contributed by atoms with Crippen LogP contribution in [0.15, 0.2) is 18.3 Å². The van der Waals surface area contributed by atoms with Crippen LogP contribution in [0.2, 0.25) is 5.15 Å². The third kappa shape index (κ3) is 4.14. The van der Waals surface area contributed by atoms with Crippen LogP contribution >= 0.6 is 11.6 Å². The first-order valence-electron chi connectivity index (χ1n) is 4.80. The average molecular weight is 244 g/mol. The quantitative estimate of drug-likeness (QED) is 0.758. The standard InChI is InChI=1S/C10H14ClN3O2/c1-16-8(6-12)5-10(15)14-7-2-3-13-9(11)4-7/h2-4,8H,5-6,12H2,1H3,(H,13,14,15). The molecule has 0 saturated heterocycles. The Kier molecular flexibility index (Phi) is 5.18. The zero-order valence-electron chi connectivity index (χ0n) is 8.94. The van der Waals surface area contributed by atoms with E-state index in [-0.39, 0.29) is 18.4 Å². The molecule has 0 bridgehead atoms. The molecular weight excluding hydrogens is 230 g/mol. The number of rotatable bonds is 5. The van der Waals surface area contributed by atoms with E-state index in [2.05, 4.69) is 10.3 Å². The monoisotopic (exact) mass is 243 g/mol. The van der Waals surface area contributed by atoms with Gasteiger partial charge in [-0.05, 0) is 12.1 Å². The molecule has 1 unspecified atom stereocenters. The van der Waals surface area contributed by atoms with E-state index < -0.39 is 0 Å². The van der Waals surface area contributed by atoms with Crippen molar-refractivity contribution in [1.82, 2.24) is 4.98 Å². The Bertz CT molecular complexity index is 356. The van der Waals surface area contributed by atoms with E-state index in [1.807, 2.05) is 0 Å². The molecule has 5 nitrogen and oxygen atoms in total. The van der Waals surface area contributed by atoms with Crippen LogP contribution in [0.25, 0.3) is 0 Å². The van der Waals surface area contributed by atoms with Crippen LogP contribution in [-0.4, -0.2) is 30.6 Å². The predicted octanol–water partition coefficient (Wildman–Crippen LogP) is 1.04. The summed E-state index contributed by atoms with van der Waals surface area (Å²) in [6.07, 6.45) is 1.47. The third-order valence-electron chi connectivity index (χ3n) is 2.02. The summed E-state index contributed by atoms with van der Waals surface area (Å²) in [5, 5.41) is 3.02. The SMILES string of the molecule is COC(CN)CC(=O)Nc1ccnc(Cl)c1. The minimum Gasteiger partial charge on any atom is -0.380 e. The number of anilines is 1. The number of methoxy groups -OCH3 is 1. The third-order valence-corrected chi connectivity index (χ3v) is 2.23. The van der Waals surface area contributed by atoms with E-state index in [0.717, 1.165) is 0 Å². The molecule has 16 heavy (non-hydrogen) atoms. The molecule has 0 aliphatic carbocycles. The fraction of sp³-hybridized carbons (Fsp3) is 0.400. The van der Waals surface area contributed by atoms with Crippen LogP contribution < -0.4 is 11.1 Å². The lowest BCUT2D eigenvalue weighted by atomic mass is 10.2. The summed E-state index contributed by atoms with van der Waals surface area (Å²) >= 11 is 5.68. The number of hydrogen-bond donors (Lipinski definition) is 2. The topological polar surface area (TPSA) is 77.2 Å². The van der Waals surface area contributed by atoms with Gasteiger partial charge in [-0.25, -0.2) is 4.98 Å². The van der Waals surface area contributed by atoms with Crippen LogP contribution in [0, 0.1) is 0 Å².